The van der Waals surface area contributed by atoms with Gasteiger partial charge in [-0.25, -0.2) is 14.0 Å². The third kappa shape index (κ3) is 7.31. The summed E-state index contributed by atoms with van der Waals surface area (Å²) < 4.78 is 34.0. The summed E-state index contributed by atoms with van der Waals surface area (Å²) >= 11 is 13.1. The quantitative estimate of drug-likeness (QED) is 0.129. The summed E-state index contributed by atoms with van der Waals surface area (Å²) in [6.45, 7) is 2.18. The van der Waals surface area contributed by atoms with Gasteiger partial charge in [0.05, 0.1) is 26.3 Å². The summed E-state index contributed by atoms with van der Waals surface area (Å²) in [5.74, 6) is -1.96. The number of amides is 1. The Morgan fingerprint density at radius 3 is 2.28 bits per heavy atom. The standard InChI is InChI=1S/C37H36Cl2FN3O7/c1-48-32-11-8-23(16-33(32)49-2)26(17-27-29(38)19-42(47)20-30(27)39)35-25(36(44)45)9-10-31(40)28(35)18-43(24-6-4-3-5-7-24)37(46)50-34-21-41-14-12-22(34)13-15-41/h3-11,16,19-20,22,26,34H,12-15,17-18,21H2,1-2H3,(H,44,45)/t26-,34-/m0/s1. The topological polar surface area (TPSA) is 115 Å². The zero-order valence-electron chi connectivity index (χ0n) is 27.5. The lowest BCUT2D eigenvalue weighted by atomic mass is 9.80. The normalized spacial score (nSPS) is 18.7. The van der Waals surface area contributed by atoms with Crippen LogP contribution in [0.5, 0.6) is 11.5 Å². The van der Waals surface area contributed by atoms with Gasteiger partial charge in [0.15, 0.2) is 23.9 Å². The third-order valence-electron chi connectivity index (χ3n) is 9.61. The summed E-state index contributed by atoms with van der Waals surface area (Å²) in [6, 6.07) is 16.0. The molecule has 50 heavy (non-hydrogen) atoms. The minimum Gasteiger partial charge on any atom is -0.619 e. The van der Waals surface area contributed by atoms with Gasteiger partial charge in [-0.05, 0) is 85.8 Å². The molecule has 3 aromatic carbocycles. The molecule has 3 saturated heterocycles. The number of nitrogens with zero attached hydrogens (tertiary/aromatic N) is 3. The van der Waals surface area contributed by atoms with Gasteiger partial charge in [-0.3, -0.25) is 9.80 Å². The second-order valence-corrected chi connectivity index (χ2v) is 13.3. The maximum Gasteiger partial charge on any atom is 0.414 e. The number of piperidine rings is 3. The second kappa shape index (κ2) is 15.1. The van der Waals surface area contributed by atoms with Crippen LogP contribution < -0.4 is 19.1 Å². The number of carbonyl (C=O) groups excluding carboxylic acids is 1. The number of anilines is 1. The van der Waals surface area contributed by atoms with Crippen molar-refractivity contribution >= 4 is 41.0 Å². The summed E-state index contributed by atoms with van der Waals surface area (Å²) in [6.07, 6.45) is 3.09. The number of hydrogen-bond acceptors (Lipinski definition) is 7. The Morgan fingerprint density at radius 1 is 1.00 bits per heavy atom. The number of aromatic nitrogens is 1. The highest BCUT2D eigenvalue weighted by molar-refractivity contribution is 6.35. The lowest BCUT2D eigenvalue weighted by Crippen LogP contribution is -2.53. The molecule has 0 spiro atoms. The van der Waals surface area contributed by atoms with Gasteiger partial charge >= 0.3 is 12.1 Å². The Balaban J connectivity index is 1.51. The van der Waals surface area contributed by atoms with Crippen molar-refractivity contribution in [3.05, 3.63) is 122 Å². The molecule has 1 amide bonds. The molecule has 262 valence electrons. The van der Waals surface area contributed by atoms with E-state index >= 15 is 4.39 Å². The minimum atomic E-state index is -1.31. The van der Waals surface area contributed by atoms with E-state index in [0.29, 0.717) is 39.6 Å². The number of aromatic carboxylic acids is 1. The van der Waals surface area contributed by atoms with Crippen LogP contribution in [-0.2, 0) is 17.7 Å². The molecule has 2 atom stereocenters. The Morgan fingerprint density at radius 2 is 1.68 bits per heavy atom. The molecule has 1 aromatic heterocycles. The molecule has 3 aliphatic heterocycles. The van der Waals surface area contributed by atoms with E-state index in [1.807, 2.05) is 0 Å². The highest BCUT2D eigenvalue weighted by Gasteiger charge is 2.38. The van der Waals surface area contributed by atoms with Crippen LogP contribution in [0, 0.1) is 16.9 Å². The zero-order valence-corrected chi connectivity index (χ0v) is 29.0. The Bertz CT molecular complexity index is 1870. The van der Waals surface area contributed by atoms with Crippen molar-refractivity contribution in [3.63, 3.8) is 0 Å². The van der Waals surface area contributed by atoms with E-state index in [4.69, 9.17) is 37.4 Å². The van der Waals surface area contributed by atoms with Gasteiger partial charge in [-0.15, -0.1) is 0 Å². The molecule has 0 unspecified atom stereocenters. The van der Waals surface area contributed by atoms with Crippen molar-refractivity contribution in [2.24, 2.45) is 5.92 Å². The van der Waals surface area contributed by atoms with Gasteiger partial charge in [-0.1, -0.05) is 47.5 Å². The predicted octanol–water partition coefficient (Wildman–Crippen LogP) is 7.09. The van der Waals surface area contributed by atoms with Crippen LogP contribution in [0.25, 0.3) is 0 Å². The number of carbonyl (C=O) groups is 2. The molecule has 3 aliphatic rings. The van der Waals surface area contributed by atoms with Crippen molar-refractivity contribution in [2.75, 3.05) is 38.8 Å². The average Bonchev–Trinajstić information content (AvgIpc) is 3.11. The lowest BCUT2D eigenvalue weighted by Gasteiger charge is -2.44. The average molecular weight is 725 g/mol. The predicted molar refractivity (Wildman–Crippen MR) is 186 cm³/mol. The smallest absolute Gasteiger partial charge is 0.414 e. The van der Waals surface area contributed by atoms with E-state index in [0.717, 1.165) is 44.4 Å². The van der Waals surface area contributed by atoms with Crippen molar-refractivity contribution in [1.82, 2.24) is 4.90 Å². The van der Waals surface area contributed by atoms with Crippen molar-refractivity contribution < 1.29 is 38.0 Å². The molecule has 7 rings (SSSR count). The van der Waals surface area contributed by atoms with Crippen LogP contribution in [0.1, 0.15) is 51.4 Å². The maximum absolute atomic E-state index is 16.4. The van der Waals surface area contributed by atoms with E-state index in [9.17, 15) is 19.9 Å². The molecule has 10 nitrogen and oxygen atoms in total. The molecule has 0 radical (unpaired) electrons. The van der Waals surface area contributed by atoms with Crippen LogP contribution in [-0.4, -0.2) is 62.0 Å². The van der Waals surface area contributed by atoms with E-state index in [-0.39, 0.29) is 51.7 Å². The number of hydrogen-bond donors (Lipinski definition) is 1. The van der Waals surface area contributed by atoms with Crippen LogP contribution in [0.4, 0.5) is 14.9 Å². The third-order valence-corrected chi connectivity index (χ3v) is 10.3. The molecule has 0 saturated carbocycles. The number of rotatable bonds is 11. The first-order valence-corrected chi connectivity index (χ1v) is 16.9. The van der Waals surface area contributed by atoms with Gasteiger partial charge in [0.1, 0.15) is 22.0 Å². The first kappa shape index (κ1) is 35.3. The zero-order chi connectivity index (χ0) is 35.5. The Kier molecular flexibility index (Phi) is 10.7. The van der Waals surface area contributed by atoms with Crippen LogP contribution in [0.3, 0.4) is 0 Å². The number of para-hydroxylation sites is 1. The van der Waals surface area contributed by atoms with Gasteiger partial charge in [-0.2, -0.15) is 4.73 Å². The van der Waals surface area contributed by atoms with Crippen molar-refractivity contribution in [2.45, 2.75) is 37.8 Å². The van der Waals surface area contributed by atoms with Crippen LogP contribution in [0.2, 0.25) is 10.0 Å². The minimum absolute atomic E-state index is 0.0403. The van der Waals surface area contributed by atoms with E-state index in [1.54, 1.807) is 48.5 Å². The Hall–Kier alpha value is -4.58. The molecule has 3 fully saturated rings. The molecule has 13 heteroatoms. The summed E-state index contributed by atoms with van der Waals surface area (Å²) in [5, 5.41) is 22.7. The number of carboxylic acid groups (broad SMARTS) is 1. The molecular weight excluding hydrogens is 688 g/mol. The molecule has 0 aliphatic carbocycles. The summed E-state index contributed by atoms with van der Waals surface area (Å²) in [7, 11) is 2.94. The fourth-order valence-corrected chi connectivity index (χ4v) is 7.63. The number of benzene rings is 3. The molecule has 1 N–H and O–H groups in total. The number of ether oxygens (including phenoxy) is 3. The first-order valence-electron chi connectivity index (χ1n) is 16.2. The number of pyridine rings is 1. The SMILES string of the molecule is COc1ccc([C@H](Cc2c(Cl)c[n+]([O-])cc2Cl)c2c(C(=O)O)ccc(F)c2CN(C(=O)O[C@H]2CN3CCC2CC3)c2ccccc2)cc1OC. The number of carboxylic acids is 1. The molecular formula is C37H36Cl2FN3O7. The highest BCUT2D eigenvalue weighted by atomic mass is 35.5. The lowest BCUT2D eigenvalue weighted by molar-refractivity contribution is -0.605. The Labute approximate surface area is 299 Å². The summed E-state index contributed by atoms with van der Waals surface area (Å²) in [5.41, 5.74) is 1.16. The van der Waals surface area contributed by atoms with Crippen molar-refractivity contribution in [1.29, 1.82) is 0 Å². The maximum atomic E-state index is 16.4. The first-order chi connectivity index (χ1) is 24.1. The highest BCUT2D eigenvalue weighted by Crippen LogP contribution is 2.41. The number of halogens is 3. The number of methoxy groups -OCH3 is 2. The van der Waals surface area contributed by atoms with Crippen LogP contribution >= 0.6 is 23.2 Å². The molecule has 2 bridgehead atoms. The van der Waals surface area contributed by atoms with Gasteiger partial charge in [0, 0.05) is 29.3 Å². The van der Waals surface area contributed by atoms with Gasteiger partial charge < -0.3 is 24.5 Å². The van der Waals surface area contributed by atoms with Gasteiger partial charge in [0.25, 0.3) is 0 Å². The fraction of sp³-hybridized carbons (Fsp3) is 0.324. The summed E-state index contributed by atoms with van der Waals surface area (Å²) in [4.78, 5) is 30.6. The monoisotopic (exact) mass is 723 g/mol. The number of fused-ring (bicyclic) bond motifs is 3. The van der Waals surface area contributed by atoms with Crippen LogP contribution in [0.15, 0.2) is 73.1 Å². The van der Waals surface area contributed by atoms with E-state index < -0.39 is 23.8 Å². The molecule has 4 aromatic rings. The fourth-order valence-electron chi connectivity index (χ4n) is 7.03. The molecule has 4 heterocycles. The second-order valence-electron chi connectivity index (χ2n) is 12.4. The van der Waals surface area contributed by atoms with E-state index in [1.165, 1.54) is 25.2 Å². The van der Waals surface area contributed by atoms with E-state index in [2.05, 4.69) is 4.90 Å². The van der Waals surface area contributed by atoms with Gasteiger partial charge in [0.2, 0.25) is 0 Å². The van der Waals surface area contributed by atoms with Crippen molar-refractivity contribution in [3.8, 4) is 11.5 Å². The largest absolute Gasteiger partial charge is 0.619 e.